The predicted molar refractivity (Wildman–Crippen MR) is 363 cm³/mol. The molecule has 8 aromatic carbocycles. The fourth-order valence-corrected chi connectivity index (χ4v) is 15.0. The first kappa shape index (κ1) is 72.8. The molecule has 0 aliphatic heterocycles. The van der Waals surface area contributed by atoms with Gasteiger partial charge in [-0.05, 0) is 195 Å². The highest BCUT2D eigenvalue weighted by molar-refractivity contribution is 7.86. The van der Waals surface area contributed by atoms with Crippen molar-refractivity contribution in [1.29, 1.82) is 0 Å². The molecule has 0 fully saturated rings. The summed E-state index contributed by atoms with van der Waals surface area (Å²) in [6.45, 7) is 23.2. The molecule has 22 heteroatoms. The lowest BCUT2D eigenvalue weighted by Crippen LogP contribution is -2.53. The number of rotatable bonds is 28. The third-order valence-corrected chi connectivity index (χ3v) is 22.4. The van der Waals surface area contributed by atoms with Crippen LogP contribution in [-0.2, 0) is 56.7 Å². The molecule has 8 rings (SSSR count). The molecule has 0 aromatic heterocycles. The van der Waals surface area contributed by atoms with E-state index in [-0.39, 0.29) is 69.3 Å². The maximum atomic E-state index is 14.3. The van der Waals surface area contributed by atoms with Crippen molar-refractivity contribution < 1.29 is 80.4 Å². The average Bonchev–Trinajstić information content (AvgIpc) is 0.738. The monoisotopic (exact) mass is 1370 g/mol. The summed E-state index contributed by atoms with van der Waals surface area (Å²) in [7, 11) is -19.9. The number of ketones is 2. The molecule has 0 saturated heterocycles. The standard InChI is InChI=1S/C73H80O18S4/c1-13-69(7,8)90-57-37-29-54(30-38-57)70(9,10)53-27-35-56(36-28-53)89-62-42-26-52(46-66(62)95(85,86)87)68(75)50-24-40-60(64(44-50)93(79,80)81)73(17-5,18-6)72(12,16-4)91-58-33-21-48(22-34-58)47-19-31-55(32-20-47)88-61-41-25-51(45-65(61)94(82,83)84)67(74)49-23-39-59(71(11,14-2)15-3)63(43-49)92(76,77)78/h19-46H,13-18H2,1-12H3,(H,76,77,78)(H,79,80,81)(H,82,83,84)(H,85,86,87). The molecule has 1 unspecified atom stereocenters. The van der Waals surface area contributed by atoms with E-state index in [4.69, 9.17) is 18.9 Å². The molecule has 8 aromatic rings. The van der Waals surface area contributed by atoms with Gasteiger partial charge in [-0.15, -0.1) is 0 Å². The molecule has 0 spiro atoms. The van der Waals surface area contributed by atoms with Gasteiger partial charge in [0.05, 0.1) is 9.79 Å². The Morgan fingerprint density at radius 1 is 0.358 bits per heavy atom. The van der Waals surface area contributed by atoms with E-state index in [0.717, 1.165) is 47.6 Å². The van der Waals surface area contributed by atoms with Crippen LogP contribution in [0.4, 0.5) is 0 Å². The summed E-state index contributed by atoms with van der Waals surface area (Å²) in [5.41, 5.74) is -0.740. The normalized spacial score (nSPS) is 13.4. The Kier molecular flexibility index (Phi) is 21.1. The predicted octanol–water partition coefficient (Wildman–Crippen LogP) is 16.7. The van der Waals surface area contributed by atoms with Crippen LogP contribution in [0.2, 0.25) is 0 Å². The second-order valence-corrected chi connectivity index (χ2v) is 30.7. The van der Waals surface area contributed by atoms with Gasteiger partial charge in [0.15, 0.2) is 11.6 Å². The molecule has 1 atom stereocenters. The number of hydrogen-bond donors (Lipinski definition) is 4. The molecule has 0 aliphatic carbocycles. The zero-order valence-electron chi connectivity index (χ0n) is 55.0. The van der Waals surface area contributed by atoms with Crippen molar-refractivity contribution in [3.8, 4) is 45.6 Å². The number of hydrogen-bond acceptors (Lipinski definition) is 14. The zero-order chi connectivity index (χ0) is 70.1. The summed E-state index contributed by atoms with van der Waals surface area (Å²) in [5.74, 6) is -0.672. The van der Waals surface area contributed by atoms with Crippen molar-refractivity contribution in [2.75, 3.05) is 0 Å². The smallest absolute Gasteiger partial charge is 0.298 e. The Hall–Kier alpha value is -8.06. The highest BCUT2D eigenvalue weighted by Crippen LogP contribution is 2.49. The van der Waals surface area contributed by atoms with E-state index in [1.54, 1.807) is 60.7 Å². The van der Waals surface area contributed by atoms with E-state index in [0.29, 0.717) is 41.7 Å². The quantitative estimate of drug-likeness (QED) is 0.0262. The lowest BCUT2D eigenvalue weighted by molar-refractivity contribution is -0.00963. The molecule has 0 amide bonds. The lowest BCUT2D eigenvalue weighted by Gasteiger charge is -2.48. The van der Waals surface area contributed by atoms with Crippen LogP contribution in [0.15, 0.2) is 189 Å². The van der Waals surface area contributed by atoms with Crippen LogP contribution in [0, 0.1) is 0 Å². The number of ether oxygens (including phenoxy) is 4. The van der Waals surface area contributed by atoms with Crippen molar-refractivity contribution >= 4 is 52.0 Å². The van der Waals surface area contributed by atoms with Gasteiger partial charge in [-0.3, -0.25) is 27.8 Å². The molecule has 0 radical (unpaired) electrons. The number of benzene rings is 8. The van der Waals surface area contributed by atoms with Crippen molar-refractivity contribution in [2.45, 2.75) is 169 Å². The summed E-state index contributed by atoms with van der Waals surface area (Å²) in [5, 5.41) is 0. The minimum atomic E-state index is -5.07. The van der Waals surface area contributed by atoms with Crippen LogP contribution in [0.5, 0.6) is 34.5 Å². The summed E-state index contributed by atoms with van der Waals surface area (Å²) in [6.07, 6.45) is 2.80. The summed E-state index contributed by atoms with van der Waals surface area (Å²) >= 11 is 0. The Labute approximate surface area is 557 Å². The maximum Gasteiger partial charge on any atom is 0.298 e. The summed E-state index contributed by atoms with van der Waals surface area (Å²) < 4.78 is 170. The Morgan fingerprint density at radius 3 is 1.04 bits per heavy atom. The summed E-state index contributed by atoms with van der Waals surface area (Å²) in [6, 6.07) is 42.9. The van der Waals surface area contributed by atoms with Crippen LogP contribution in [0.3, 0.4) is 0 Å². The fraction of sp³-hybridized carbons (Fsp3) is 0.315. The van der Waals surface area contributed by atoms with Gasteiger partial charge in [0.1, 0.15) is 55.5 Å². The van der Waals surface area contributed by atoms with Gasteiger partial charge in [0.25, 0.3) is 40.5 Å². The molecule has 0 saturated carbocycles. The van der Waals surface area contributed by atoms with Crippen molar-refractivity contribution in [1.82, 2.24) is 0 Å². The molecule has 4 N–H and O–H groups in total. The molecule has 504 valence electrons. The highest BCUT2D eigenvalue weighted by atomic mass is 32.2. The number of carbonyl (C=O) groups is 2. The molecular formula is C73H80O18S4. The SMILES string of the molecule is CCC(C)(C)Oc1ccc(C(C)(C)c2ccc(Oc3ccc(C(=O)c4ccc(C(CC)(CC)C(C)(CC)Oc5ccc(-c6ccc(Oc7ccc(C(=O)c8ccc(C(C)(CC)CC)c(S(=O)(=O)O)c8)cc7S(=O)(=O)O)cc6)cc5)c(S(=O)(=O)O)c4)cc3S(=O)(=O)O)cc2)cc1. The first-order chi connectivity index (χ1) is 44.3. The Morgan fingerprint density at radius 2 is 0.684 bits per heavy atom. The van der Waals surface area contributed by atoms with Crippen LogP contribution >= 0.6 is 0 Å². The topological polar surface area (TPSA) is 289 Å². The molecule has 0 aliphatic rings. The molecule has 0 heterocycles. The molecule has 18 nitrogen and oxygen atoms in total. The third-order valence-electron chi connectivity index (χ3n) is 18.9. The van der Waals surface area contributed by atoms with Crippen LogP contribution in [0.25, 0.3) is 11.1 Å². The Bertz CT molecular complexity index is 4650. The van der Waals surface area contributed by atoms with Gasteiger partial charge in [0.2, 0.25) is 0 Å². The molecule has 0 bridgehead atoms. The second kappa shape index (κ2) is 27.6. The van der Waals surface area contributed by atoms with Crippen molar-refractivity contribution in [3.63, 3.8) is 0 Å². The van der Waals surface area contributed by atoms with Gasteiger partial charge in [-0.1, -0.05) is 135 Å². The van der Waals surface area contributed by atoms with E-state index in [1.807, 2.05) is 98.7 Å². The minimum absolute atomic E-state index is 0.153. The largest absolute Gasteiger partial charge is 0.488 e. The fourth-order valence-electron chi connectivity index (χ4n) is 12.0. The van der Waals surface area contributed by atoms with E-state index in [1.165, 1.54) is 48.5 Å². The second-order valence-electron chi connectivity index (χ2n) is 25.2. The third kappa shape index (κ3) is 15.6. The first-order valence-electron chi connectivity index (χ1n) is 31.0. The lowest BCUT2D eigenvalue weighted by atomic mass is 9.63. The van der Waals surface area contributed by atoms with Crippen LogP contribution in [-0.4, -0.2) is 74.7 Å². The molecule has 95 heavy (non-hydrogen) atoms. The maximum absolute atomic E-state index is 14.3. The van der Waals surface area contributed by atoms with Crippen LogP contribution in [0.1, 0.15) is 176 Å². The van der Waals surface area contributed by atoms with E-state index >= 15 is 0 Å². The first-order valence-corrected chi connectivity index (χ1v) is 36.8. The van der Waals surface area contributed by atoms with E-state index in [2.05, 4.69) is 20.8 Å². The van der Waals surface area contributed by atoms with E-state index < -0.39 is 93.5 Å². The van der Waals surface area contributed by atoms with Crippen molar-refractivity contribution in [2.24, 2.45) is 0 Å². The molecular weight excluding hydrogens is 1290 g/mol. The Balaban J connectivity index is 0.993. The average molecular weight is 1370 g/mol. The minimum Gasteiger partial charge on any atom is -0.488 e. The van der Waals surface area contributed by atoms with Gasteiger partial charge in [-0.25, -0.2) is 0 Å². The van der Waals surface area contributed by atoms with Gasteiger partial charge < -0.3 is 18.9 Å². The van der Waals surface area contributed by atoms with Gasteiger partial charge in [0, 0.05) is 33.1 Å². The summed E-state index contributed by atoms with van der Waals surface area (Å²) in [4.78, 5) is 25.6. The van der Waals surface area contributed by atoms with Crippen molar-refractivity contribution in [3.05, 3.63) is 214 Å². The van der Waals surface area contributed by atoms with E-state index in [9.17, 15) is 61.5 Å². The van der Waals surface area contributed by atoms with Gasteiger partial charge in [-0.2, -0.15) is 33.7 Å². The van der Waals surface area contributed by atoms with Gasteiger partial charge >= 0.3 is 0 Å². The highest BCUT2D eigenvalue weighted by Gasteiger charge is 2.50. The van der Waals surface area contributed by atoms with Crippen LogP contribution < -0.4 is 18.9 Å². The zero-order valence-corrected chi connectivity index (χ0v) is 58.3. The number of carbonyl (C=O) groups excluding carboxylic acids is 2.